The number of benzene rings is 1. The number of sulfonamides is 1. The second kappa shape index (κ2) is 8.34. The third-order valence-electron chi connectivity index (χ3n) is 3.84. The summed E-state index contributed by atoms with van der Waals surface area (Å²) in [6.45, 7) is 0.00867. The van der Waals surface area contributed by atoms with Gasteiger partial charge in [0.15, 0.2) is 0 Å². The SMILES string of the molecule is Cn1cc(S(=O)(=O)NCC(NC(=O)c2cscc2Br)c2ccccc2)cn1. The first-order valence-electron chi connectivity index (χ1n) is 7.92. The van der Waals surface area contributed by atoms with E-state index in [4.69, 9.17) is 0 Å². The fraction of sp³-hybridized carbons (Fsp3) is 0.176. The molecule has 2 aromatic heterocycles. The lowest BCUT2D eigenvalue weighted by Gasteiger charge is -2.19. The molecule has 3 aromatic rings. The highest BCUT2D eigenvalue weighted by Crippen LogP contribution is 2.22. The largest absolute Gasteiger partial charge is 0.344 e. The molecule has 1 atom stereocenters. The predicted octanol–water partition coefficient (Wildman–Crippen LogP) is 2.69. The highest BCUT2D eigenvalue weighted by Gasteiger charge is 2.22. The van der Waals surface area contributed by atoms with Crippen molar-refractivity contribution in [1.82, 2.24) is 19.8 Å². The second-order valence-corrected chi connectivity index (χ2v) is 9.14. The van der Waals surface area contributed by atoms with Gasteiger partial charge in [0, 0.05) is 35.0 Å². The number of nitrogens with zero attached hydrogens (tertiary/aromatic N) is 2. The molecule has 142 valence electrons. The minimum atomic E-state index is -3.73. The van der Waals surface area contributed by atoms with Gasteiger partial charge in [-0.2, -0.15) is 16.4 Å². The number of aryl methyl sites for hydroxylation is 1. The Kier molecular flexibility index (Phi) is 6.10. The molecular weight excluding hydrogens is 452 g/mol. The standard InChI is InChI=1S/C17H17BrN4O3S2/c1-22-9-13(7-19-22)27(24,25)20-8-16(12-5-3-2-4-6-12)21-17(23)14-10-26-11-15(14)18/h2-7,9-11,16,20H,8H2,1H3,(H,21,23). The number of nitrogens with one attached hydrogen (secondary N) is 2. The zero-order valence-corrected chi connectivity index (χ0v) is 17.5. The summed E-state index contributed by atoms with van der Waals surface area (Å²) in [5.74, 6) is -0.280. The lowest BCUT2D eigenvalue weighted by Crippen LogP contribution is -2.37. The molecule has 0 aliphatic carbocycles. The summed E-state index contributed by atoms with van der Waals surface area (Å²) in [5.41, 5.74) is 1.31. The highest BCUT2D eigenvalue weighted by molar-refractivity contribution is 9.10. The molecule has 0 aliphatic heterocycles. The van der Waals surface area contributed by atoms with Crippen LogP contribution in [-0.4, -0.2) is 30.7 Å². The normalized spacial score (nSPS) is 12.7. The molecule has 2 heterocycles. The van der Waals surface area contributed by atoms with Crippen LogP contribution >= 0.6 is 27.3 Å². The molecule has 1 unspecified atom stereocenters. The molecular formula is C17H17BrN4O3S2. The highest BCUT2D eigenvalue weighted by atomic mass is 79.9. The average molecular weight is 469 g/mol. The van der Waals surface area contributed by atoms with Gasteiger partial charge in [0.05, 0.1) is 17.8 Å². The van der Waals surface area contributed by atoms with Crippen molar-refractivity contribution in [1.29, 1.82) is 0 Å². The fourth-order valence-corrected chi connectivity index (χ4v) is 4.92. The molecule has 0 saturated heterocycles. The lowest BCUT2D eigenvalue weighted by atomic mass is 10.1. The summed E-state index contributed by atoms with van der Waals surface area (Å²) in [6, 6.07) is 8.68. The van der Waals surface area contributed by atoms with E-state index in [2.05, 4.69) is 31.1 Å². The summed E-state index contributed by atoms with van der Waals surface area (Å²) < 4.78 is 29.6. The number of halogens is 1. The Morgan fingerprint density at radius 1 is 1.30 bits per heavy atom. The summed E-state index contributed by atoms with van der Waals surface area (Å²) in [6.07, 6.45) is 2.70. The molecule has 0 saturated carbocycles. The smallest absolute Gasteiger partial charge is 0.253 e. The van der Waals surface area contributed by atoms with E-state index < -0.39 is 16.1 Å². The van der Waals surface area contributed by atoms with Crippen molar-refractivity contribution >= 4 is 43.2 Å². The molecule has 3 rings (SSSR count). The topological polar surface area (TPSA) is 93.1 Å². The summed E-state index contributed by atoms with van der Waals surface area (Å²) in [4.78, 5) is 12.7. The number of thiophene rings is 1. The first-order chi connectivity index (χ1) is 12.9. The quantitative estimate of drug-likeness (QED) is 0.557. The number of carbonyl (C=O) groups is 1. The van der Waals surface area contributed by atoms with Gasteiger partial charge in [0.2, 0.25) is 10.0 Å². The van der Waals surface area contributed by atoms with Crippen molar-refractivity contribution in [3.8, 4) is 0 Å². The molecule has 1 aromatic carbocycles. The van der Waals surface area contributed by atoms with Gasteiger partial charge < -0.3 is 5.32 Å². The van der Waals surface area contributed by atoms with Crippen molar-refractivity contribution in [3.05, 3.63) is 69.1 Å². The van der Waals surface area contributed by atoms with Gasteiger partial charge in [-0.25, -0.2) is 13.1 Å². The number of rotatable bonds is 7. The van der Waals surface area contributed by atoms with E-state index in [0.717, 1.165) is 5.56 Å². The Morgan fingerprint density at radius 3 is 2.63 bits per heavy atom. The van der Waals surface area contributed by atoms with Gasteiger partial charge in [0.25, 0.3) is 5.91 Å². The Morgan fingerprint density at radius 2 is 2.04 bits per heavy atom. The van der Waals surface area contributed by atoms with Crippen molar-refractivity contribution in [2.24, 2.45) is 7.05 Å². The second-order valence-electron chi connectivity index (χ2n) is 5.77. The van der Waals surface area contributed by atoms with Gasteiger partial charge in [-0.15, -0.1) is 0 Å². The van der Waals surface area contributed by atoms with Gasteiger partial charge in [0.1, 0.15) is 4.90 Å². The Bertz CT molecular complexity index is 1030. The van der Waals surface area contributed by atoms with Crippen LogP contribution in [0.5, 0.6) is 0 Å². The van der Waals surface area contributed by atoms with Crippen LogP contribution in [0.15, 0.2) is 62.9 Å². The predicted molar refractivity (Wildman–Crippen MR) is 107 cm³/mol. The van der Waals surface area contributed by atoms with E-state index in [1.807, 2.05) is 35.7 Å². The van der Waals surface area contributed by atoms with Gasteiger partial charge >= 0.3 is 0 Å². The van der Waals surface area contributed by atoms with Crippen LogP contribution in [-0.2, 0) is 17.1 Å². The van der Waals surface area contributed by atoms with Crippen LogP contribution in [0.1, 0.15) is 22.0 Å². The molecule has 10 heteroatoms. The van der Waals surface area contributed by atoms with Crippen molar-refractivity contribution in [2.45, 2.75) is 10.9 Å². The maximum Gasteiger partial charge on any atom is 0.253 e. The monoisotopic (exact) mass is 468 g/mol. The molecule has 0 bridgehead atoms. The van der Waals surface area contributed by atoms with Gasteiger partial charge in [-0.1, -0.05) is 30.3 Å². The third-order valence-corrected chi connectivity index (χ3v) is 6.92. The van der Waals surface area contributed by atoms with Gasteiger partial charge in [-0.05, 0) is 21.5 Å². The Labute approximate surface area is 169 Å². The van der Waals surface area contributed by atoms with E-state index in [-0.39, 0.29) is 17.3 Å². The molecule has 27 heavy (non-hydrogen) atoms. The molecule has 0 radical (unpaired) electrons. The maximum atomic E-state index is 12.6. The maximum absolute atomic E-state index is 12.6. The number of carbonyl (C=O) groups excluding carboxylic acids is 1. The number of aromatic nitrogens is 2. The van der Waals surface area contributed by atoms with Gasteiger partial charge in [-0.3, -0.25) is 9.48 Å². The van der Waals surface area contributed by atoms with Crippen LogP contribution in [0.25, 0.3) is 0 Å². The van der Waals surface area contributed by atoms with E-state index >= 15 is 0 Å². The Hall–Kier alpha value is -2.01. The molecule has 0 fully saturated rings. The van der Waals surface area contributed by atoms with E-state index in [1.165, 1.54) is 28.4 Å². The minimum absolute atomic E-state index is 0.00867. The summed E-state index contributed by atoms with van der Waals surface area (Å²) in [7, 11) is -2.09. The molecule has 2 N–H and O–H groups in total. The van der Waals surface area contributed by atoms with Crippen LogP contribution in [0.2, 0.25) is 0 Å². The number of hydrogen-bond donors (Lipinski definition) is 2. The first-order valence-corrected chi connectivity index (χ1v) is 11.1. The number of hydrogen-bond acceptors (Lipinski definition) is 5. The van der Waals surface area contributed by atoms with E-state index in [1.54, 1.807) is 12.4 Å². The lowest BCUT2D eigenvalue weighted by molar-refractivity contribution is 0.0936. The summed E-state index contributed by atoms with van der Waals surface area (Å²) in [5, 5.41) is 10.3. The zero-order valence-electron chi connectivity index (χ0n) is 14.3. The summed E-state index contributed by atoms with van der Waals surface area (Å²) >= 11 is 4.75. The molecule has 1 amide bonds. The van der Waals surface area contributed by atoms with Crippen molar-refractivity contribution < 1.29 is 13.2 Å². The van der Waals surface area contributed by atoms with Crippen LogP contribution in [0.3, 0.4) is 0 Å². The molecule has 0 aliphatic rings. The van der Waals surface area contributed by atoms with E-state index in [0.29, 0.717) is 10.0 Å². The van der Waals surface area contributed by atoms with Crippen LogP contribution in [0, 0.1) is 0 Å². The fourth-order valence-electron chi connectivity index (χ4n) is 2.43. The average Bonchev–Trinajstić information content (AvgIpc) is 3.28. The van der Waals surface area contributed by atoms with Crippen LogP contribution in [0.4, 0.5) is 0 Å². The number of amides is 1. The first kappa shape index (κ1) is 19.7. The Balaban J connectivity index is 1.79. The van der Waals surface area contributed by atoms with Crippen molar-refractivity contribution in [3.63, 3.8) is 0 Å². The zero-order chi connectivity index (χ0) is 19.4. The van der Waals surface area contributed by atoms with E-state index in [9.17, 15) is 13.2 Å². The molecule has 0 spiro atoms. The minimum Gasteiger partial charge on any atom is -0.344 e. The van der Waals surface area contributed by atoms with Crippen molar-refractivity contribution in [2.75, 3.05) is 6.54 Å². The third kappa shape index (κ3) is 4.83. The van der Waals surface area contributed by atoms with Crippen LogP contribution < -0.4 is 10.0 Å². The molecule has 7 nitrogen and oxygen atoms in total.